The number of carbonyl (C=O) groups is 4. The van der Waals surface area contributed by atoms with Crippen molar-refractivity contribution < 1.29 is 37.1 Å². The van der Waals surface area contributed by atoms with Gasteiger partial charge in [0.2, 0.25) is 0 Å². The molecule has 0 unspecified atom stereocenters. The number of anilines is 3. The van der Waals surface area contributed by atoms with Crippen LogP contribution in [0, 0.1) is 0 Å². The Labute approximate surface area is 237 Å². The monoisotopic (exact) mass is 585 g/mol. The van der Waals surface area contributed by atoms with Gasteiger partial charge in [-0.25, -0.2) is 9.69 Å². The number of nitrogens with one attached hydrogen (secondary N) is 2. The minimum absolute atomic E-state index is 0.0522. The van der Waals surface area contributed by atoms with Crippen LogP contribution < -0.4 is 15.5 Å². The molecule has 1 aliphatic rings. The zero-order valence-corrected chi connectivity index (χ0v) is 22.3. The van der Waals surface area contributed by atoms with Crippen molar-refractivity contribution in [3.63, 3.8) is 0 Å². The number of para-hydroxylation sites is 1. The van der Waals surface area contributed by atoms with E-state index in [2.05, 4.69) is 10.6 Å². The molecule has 3 amide bonds. The molecule has 0 radical (unpaired) electrons. The molecular weight excluding hydrogens is 563 g/mol. The van der Waals surface area contributed by atoms with Crippen LogP contribution in [0.5, 0.6) is 0 Å². The van der Waals surface area contributed by atoms with Crippen molar-refractivity contribution in [3.05, 3.63) is 100 Å². The van der Waals surface area contributed by atoms with E-state index in [0.717, 1.165) is 29.9 Å². The first-order valence-electron chi connectivity index (χ1n) is 12.4. The van der Waals surface area contributed by atoms with E-state index in [4.69, 9.17) is 16.3 Å². The second-order valence-corrected chi connectivity index (χ2v) is 9.25. The second kappa shape index (κ2) is 12.3. The van der Waals surface area contributed by atoms with Crippen molar-refractivity contribution in [2.24, 2.45) is 0 Å². The number of rotatable bonds is 9. The van der Waals surface area contributed by atoms with Gasteiger partial charge in [0, 0.05) is 11.3 Å². The lowest BCUT2D eigenvalue weighted by molar-refractivity contribution is -0.137. The van der Waals surface area contributed by atoms with Crippen molar-refractivity contribution in [1.82, 2.24) is 0 Å². The molecule has 8 nitrogen and oxygen atoms in total. The maximum atomic E-state index is 13.2. The highest BCUT2D eigenvalue weighted by atomic mass is 35.5. The van der Waals surface area contributed by atoms with E-state index in [0.29, 0.717) is 5.69 Å². The molecule has 1 aliphatic heterocycles. The summed E-state index contributed by atoms with van der Waals surface area (Å²) in [6.45, 7) is 2.25. The maximum absolute atomic E-state index is 13.2. The van der Waals surface area contributed by atoms with Gasteiger partial charge in [-0.05, 0) is 67.1 Å². The van der Waals surface area contributed by atoms with Gasteiger partial charge in [-0.15, -0.1) is 0 Å². The predicted molar refractivity (Wildman–Crippen MR) is 146 cm³/mol. The fourth-order valence-corrected chi connectivity index (χ4v) is 4.08. The van der Waals surface area contributed by atoms with Crippen LogP contribution in [0.2, 0.25) is 0 Å². The van der Waals surface area contributed by atoms with E-state index in [1.807, 2.05) is 6.92 Å². The molecule has 0 saturated heterocycles. The summed E-state index contributed by atoms with van der Waals surface area (Å²) in [4.78, 5) is 51.4. The van der Waals surface area contributed by atoms with Gasteiger partial charge in [-0.1, -0.05) is 37.1 Å². The first-order chi connectivity index (χ1) is 19.5. The van der Waals surface area contributed by atoms with E-state index in [1.54, 1.807) is 0 Å². The van der Waals surface area contributed by atoms with Crippen molar-refractivity contribution in [2.75, 3.05) is 22.1 Å². The first-order valence-corrected chi connectivity index (χ1v) is 12.8. The highest BCUT2D eigenvalue weighted by Gasteiger charge is 2.39. The van der Waals surface area contributed by atoms with Gasteiger partial charge in [-0.2, -0.15) is 13.2 Å². The van der Waals surface area contributed by atoms with E-state index in [9.17, 15) is 32.3 Å². The number of ether oxygens (including phenoxy) is 1. The molecule has 1 heterocycles. The largest absolute Gasteiger partial charge is 0.462 e. The van der Waals surface area contributed by atoms with Gasteiger partial charge in [0.15, 0.2) is 0 Å². The summed E-state index contributed by atoms with van der Waals surface area (Å²) in [7, 11) is 0. The fraction of sp³-hybridized carbons (Fsp3) is 0.172. The molecule has 0 atom stereocenters. The molecule has 4 rings (SSSR count). The zero-order chi connectivity index (χ0) is 29.7. The molecule has 0 aliphatic carbocycles. The van der Waals surface area contributed by atoms with Gasteiger partial charge in [-0.3, -0.25) is 14.4 Å². The molecule has 2 N–H and O–H groups in total. The normalized spacial score (nSPS) is 13.4. The Morgan fingerprint density at radius 3 is 2.17 bits per heavy atom. The minimum Gasteiger partial charge on any atom is -0.462 e. The van der Waals surface area contributed by atoms with Gasteiger partial charge >= 0.3 is 12.1 Å². The lowest BCUT2D eigenvalue weighted by Crippen LogP contribution is -2.32. The molecule has 3 aromatic rings. The van der Waals surface area contributed by atoms with Crippen LogP contribution in [0.1, 0.15) is 46.0 Å². The Morgan fingerprint density at radius 1 is 0.902 bits per heavy atom. The summed E-state index contributed by atoms with van der Waals surface area (Å²) in [6, 6.07) is 15.8. The second-order valence-electron chi connectivity index (χ2n) is 8.87. The molecule has 0 saturated carbocycles. The first kappa shape index (κ1) is 29.3. The Balaban J connectivity index is 1.43. The zero-order valence-electron chi connectivity index (χ0n) is 21.5. The van der Waals surface area contributed by atoms with Crippen LogP contribution in [0.25, 0.3) is 0 Å². The number of hydrogen-bond donors (Lipinski definition) is 2. The number of imide groups is 1. The quantitative estimate of drug-likeness (QED) is 0.172. The molecular formula is C29H23ClF3N3O5. The molecule has 0 spiro atoms. The van der Waals surface area contributed by atoms with Crippen LogP contribution >= 0.6 is 11.6 Å². The van der Waals surface area contributed by atoms with Gasteiger partial charge < -0.3 is 15.4 Å². The number of amides is 3. The Kier molecular flexibility index (Phi) is 8.77. The van der Waals surface area contributed by atoms with Crippen LogP contribution in [-0.2, 0) is 20.5 Å². The number of carbonyl (C=O) groups excluding carboxylic acids is 4. The Bertz CT molecular complexity index is 1520. The minimum atomic E-state index is -4.65. The number of unbranched alkanes of at least 4 members (excludes halogenated alkanes) is 1. The third kappa shape index (κ3) is 6.58. The van der Waals surface area contributed by atoms with E-state index < -0.39 is 35.4 Å². The van der Waals surface area contributed by atoms with E-state index in [1.165, 1.54) is 60.7 Å². The smallest absolute Gasteiger partial charge is 0.418 e. The van der Waals surface area contributed by atoms with Crippen molar-refractivity contribution in [1.29, 1.82) is 0 Å². The summed E-state index contributed by atoms with van der Waals surface area (Å²) < 4.78 is 44.8. The summed E-state index contributed by atoms with van der Waals surface area (Å²) in [5.41, 5.74) is -0.797. The average molecular weight is 586 g/mol. The fourth-order valence-electron chi connectivity index (χ4n) is 3.87. The third-order valence-electron chi connectivity index (χ3n) is 6.02. The van der Waals surface area contributed by atoms with Crippen LogP contribution in [0.15, 0.2) is 83.5 Å². The van der Waals surface area contributed by atoms with E-state index in [-0.39, 0.29) is 39.8 Å². The highest BCUT2D eigenvalue weighted by molar-refractivity contribution is 6.53. The molecule has 41 heavy (non-hydrogen) atoms. The summed E-state index contributed by atoms with van der Waals surface area (Å²) in [5, 5.41) is 4.63. The van der Waals surface area contributed by atoms with Crippen molar-refractivity contribution in [3.8, 4) is 0 Å². The molecule has 0 fully saturated rings. The Morgan fingerprint density at radius 2 is 1.54 bits per heavy atom. The molecule has 0 aromatic heterocycles. The van der Waals surface area contributed by atoms with Gasteiger partial charge in [0.1, 0.15) is 10.7 Å². The van der Waals surface area contributed by atoms with Crippen LogP contribution in [0.4, 0.5) is 30.2 Å². The summed E-state index contributed by atoms with van der Waals surface area (Å²) in [5.74, 6) is -2.83. The third-order valence-corrected chi connectivity index (χ3v) is 6.37. The number of benzene rings is 3. The molecule has 212 valence electrons. The summed E-state index contributed by atoms with van der Waals surface area (Å²) >= 11 is 6.17. The highest BCUT2D eigenvalue weighted by Crippen LogP contribution is 2.35. The lowest BCUT2D eigenvalue weighted by atomic mass is 10.1. The standard InChI is InChI=1S/C29H23ClF3N3O5/c1-2-3-16-41-28(40)18-10-14-20(15-11-18)36-26(38)23(30)24(27(36)39)34-19-12-8-17(9-13-19)25(37)35-22-7-5-4-6-21(22)29(31,32)33/h4-15,34H,2-3,16H2,1H3,(H,35,37). The van der Waals surface area contributed by atoms with Crippen molar-refractivity contribution >= 4 is 52.4 Å². The molecule has 0 bridgehead atoms. The lowest BCUT2D eigenvalue weighted by Gasteiger charge is -2.16. The topological polar surface area (TPSA) is 105 Å². The van der Waals surface area contributed by atoms with Gasteiger partial charge in [0.25, 0.3) is 17.7 Å². The number of esters is 1. The predicted octanol–water partition coefficient (Wildman–Crippen LogP) is 6.35. The maximum Gasteiger partial charge on any atom is 0.418 e. The average Bonchev–Trinajstić information content (AvgIpc) is 3.16. The molecule has 12 heteroatoms. The SMILES string of the molecule is CCCCOC(=O)c1ccc(N2C(=O)C(Cl)=C(Nc3ccc(C(=O)Nc4ccccc4C(F)(F)F)cc3)C2=O)cc1. The number of nitrogens with zero attached hydrogens (tertiary/aromatic N) is 1. The van der Waals surface area contributed by atoms with Crippen LogP contribution in [-0.4, -0.2) is 30.3 Å². The summed E-state index contributed by atoms with van der Waals surface area (Å²) in [6.07, 6.45) is -3.05. The van der Waals surface area contributed by atoms with Crippen LogP contribution in [0.3, 0.4) is 0 Å². The van der Waals surface area contributed by atoms with Crippen molar-refractivity contribution in [2.45, 2.75) is 25.9 Å². The van der Waals surface area contributed by atoms with Gasteiger partial charge in [0.05, 0.1) is 29.1 Å². The Hall–Kier alpha value is -4.64. The van der Waals surface area contributed by atoms with E-state index >= 15 is 0 Å². The number of hydrogen-bond acceptors (Lipinski definition) is 6. The number of halogens is 4. The number of alkyl halides is 3. The molecule has 3 aromatic carbocycles.